The maximum atomic E-state index is 6.37. The van der Waals surface area contributed by atoms with Gasteiger partial charge in [0.25, 0.3) is 0 Å². The maximum absolute atomic E-state index is 6.37. The van der Waals surface area contributed by atoms with Crippen LogP contribution in [0.4, 0.5) is 0 Å². The zero-order chi connectivity index (χ0) is 13.5. The van der Waals surface area contributed by atoms with Gasteiger partial charge in [-0.05, 0) is 74.5 Å². The normalized spacial score (nSPS) is 34.5. The van der Waals surface area contributed by atoms with Gasteiger partial charge in [-0.2, -0.15) is 0 Å². The van der Waals surface area contributed by atoms with E-state index in [-0.39, 0.29) is 5.60 Å². The average Bonchev–Trinajstić information content (AvgIpc) is 2.98. The average molecular weight is 258 g/mol. The third-order valence-electron chi connectivity index (χ3n) is 5.51. The van der Waals surface area contributed by atoms with Crippen LogP contribution in [0, 0.1) is 11.8 Å². The number of hydrogen-bond acceptors (Lipinski definition) is 1. The number of hydrogen-bond donors (Lipinski definition) is 0. The molecule has 0 spiro atoms. The number of fused-ring (bicyclic) bond motifs is 2. The quantitative estimate of drug-likeness (QED) is 0.725. The van der Waals surface area contributed by atoms with Crippen molar-refractivity contribution in [2.45, 2.75) is 64.4 Å². The highest BCUT2D eigenvalue weighted by molar-refractivity contribution is 5.30. The zero-order valence-corrected chi connectivity index (χ0v) is 12.5. The Morgan fingerprint density at radius 2 is 2.00 bits per heavy atom. The molecule has 0 saturated heterocycles. The molecule has 2 aliphatic carbocycles. The monoisotopic (exact) mass is 258 g/mol. The lowest BCUT2D eigenvalue weighted by molar-refractivity contribution is 0.0313. The van der Waals surface area contributed by atoms with Gasteiger partial charge in [0.2, 0.25) is 0 Å². The summed E-state index contributed by atoms with van der Waals surface area (Å²) in [5.74, 6) is 3.41. The highest BCUT2D eigenvalue weighted by Gasteiger charge is 2.49. The summed E-state index contributed by atoms with van der Waals surface area (Å²) in [6.45, 7) is 6.85. The van der Waals surface area contributed by atoms with Crippen molar-refractivity contribution in [3.63, 3.8) is 0 Å². The van der Waals surface area contributed by atoms with E-state index in [0.717, 1.165) is 17.6 Å². The standard InChI is InChI=1S/C18H26O/c1-4-13(2)15-6-9-17(10-7-15)19-18(3)12-14-5-8-16(18)11-14/h6-7,9-10,13-14,16H,4-5,8,11-12H2,1-3H3. The van der Waals surface area contributed by atoms with Gasteiger partial charge in [-0.15, -0.1) is 0 Å². The SMILES string of the molecule is CCC(C)c1ccc(OC2(C)CC3CCC2C3)cc1. The Morgan fingerprint density at radius 1 is 1.26 bits per heavy atom. The van der Waals surface area contributed by atoms with Gasteiger partial charge in [0.1, 0.15) is 11.4 Å². The highest BCUT2D eigenvalue weighted by Crippen LogP contribution is 2.52. The summed E-state index contributed by atoms with van der Waals surface area (Å²) in [6, 6.07) is 8.80. The van der Waals surface area contributed by atoms with Crippen LogP contribution in [0.5, 0.6) is 5.75 Å². The Morgan fingerprint density at radius 3 is 2.53 bits per heavy atom. The van der Waals surface area contributed by atoms with Gasteiger partial charge in [0.15, 0.2) is 0 Å². The minimum absolute atomic E-state index is 0.0980. The Balaban J connectivity index is 1.70. The first-order valence-electron chi connectivity index (χ1n) is 7.89. The third kappa shape index (κ3) is 2.40. The van der Waals surface area contributed by atoms with E-state index in [1.165, 1.54) is 37.7 Å². The molecule has 0 aliphatic heterocycles. The minimum atomic E-state index is 0.0980. The van der Waals surface area contributed by atoms with Gasteiger partial charge in [-0.3, -0.25) is 0 Å². The first-order valence-corrected chi connectivity index (χ1v) is 7.89. The fourth-order valence-corrected chi connectivity index (χ4v) is 4.05. The molecular weight excluding hydrogens is 232 g/mol. The molecule has 0 aromatic heterocycles. The summed E-state index contributed by atoms with van der Waals surface area (Å²) >= 11 is 0. The van der Waals surface area contributed by atoms with Crippen LogP contribution in [0.1, 0.15) is 64.4 Å². The lowest BCUT2D eigenvalue weighted by Crippen LogP contribution is -2.38. The first kappa shape index (κ1) is 13.0. The smallest absolute Gasteiger partial charge is 0.120 e. The molecule has 1 aromatic carbocycles. The molecule has 2 fully saturated rings. The Labute approximate surface area is 117 Å². The van der Waals surface area contributed by atoms with Gasteiger partial charge < -0.3 is 4.74 Å². The van der Waals surface area contributed by atoms with Crippen molar-refractivity contribution in [2.24, 2.45) is 11.8 Å². The molecule has 0 heterocycles. The van der Waals surface area contributed by atoms with Crippen LogP contribution in [0.2, 0.25) is 0 Å². The summed E-state index contributed by atoms with van der Waals surface area (Å²) < 4.78 is 6.37. The third-order valence-corrected chi connectivity index (χ3v) is 5.51. The van der Waals surface area contributed by atoms with Crippen LogP contribution in [0.15, 0.2) is 24.3 Å². The summed E-state index contributed by atoms with van der Waals surface area (Å²) in [4.78, 5) is 0. The van der Waals surface area contributed by atoms with Crippen LogP contribution in [-0.4, -0.2) is 5.60 Å². The van der Waals surface area contributed by atoms with E-state index >= 15 is 0 Å². The predicted molar refractivity (Wildman–Crippen MR) is 79.6 cm³/mol. The Kier molecular flexibility index (Phi) is 3.32. The van der Waals surface area contributed by atoms with Crippen molar-refractivity contribution in [2.75, 3.05) is 0 Å². The van der Waals surface area contributed by atoms with Gasteiger partial charge >= 0.3 is 0 Å². The second kappa shape index (κ2) is 4.85. The van der Waals surface area contributed by atoms with Crippen LogP contribution < -0.4 is 4.74 Å². The van der Waals surface area contributed by atoms with E-state index in [1.54, 1.807) is 0 Å². The number of rotatable bonds is 4. The summed E-state index contributed by atoms with van der Waals surface area (Å²) in [7, 11) is 0. The second-order valence-corrected chi connectivity index (χ2v) is 6.87. The van der Waals surface area contributed by atoms with Crippen molar-refractivity contribution in [1.82, 2.24) is 0 Å². The number of benzene rings is 1. The molecule has 19 heavy (non-hydrogen) atoms. The second-order valence-electron chi connectivity index (χ2n) is 6.87. The van der Waals surface area contributed by atoms with Gasteiger partial charge in [-0.25, -0.2) is 0 Å². The van der Waals surface area contributed by atoms with Crippen LogP contribution in [0.25, 0.3) is 0 Å². The van der Waals surface area contributed by atoms with Crippen molar-refractivity contribution < 1.29 is 4.74 Å². The summed E-state index contributed by atoms with van der Waals surface area (Å²) in [6.07, 6.45) is 6.64. The van der Waals surface area contributed by atoms with Crippen LogP contribution in [-0.2, 0) is 0 Å². The van der Waals surface area contributed by atoms with E-state index in [9.17, 15) is 0 Å². The van der Waals surface area contributed by atoms with Crippen molar-refractivity contribution in [3.8, 4) is 5.75 Å². The van der Waals surface area contributed by atoms with Crippen molar-refractivity contribution in [1.29, 1.82) is 0 Å². The maximum Gasteiger partial charge on any atom is 0.120 e. The summed E-state index contributed by atoms with van der Waals surface area (Å²) in [5.41, 5.74) is 1.52. The van der Waals surface area contributed by atoms with E-state index in [0.29, 0.717) is 5.92 Å². The zero-order valence-electron chi connectivity index (χ0n) is 12.5. The fraction of sp³-hybridized carbons (Fsp3) is 0.667. The molecule has 1 nitrogen and oxygen atoms in total. The van der Waals surface area contributed by atoms with Crippen LogP contribution >= 0.6 is 0 Å². The molecule has 4 unspecified atom stereocenters. The van der Waals surface area contributed by atoms with Gasteiger partial charge in [0, 0.05) is 0 Å². The molecule has 1 aromatic rings. The molecule has 0 amide bonds. The molecular formula is C18H26O. The van der Waals surface area contributed by atoms with E-state index in [2.05, 4.69) is 45.0 Å². The topological polar surface area (TPSA) is 9.23 Å². The van der Waals surface area contributed by atoms with Gasteiger partial charge in [0.05, 0.1) is 0 Å². The van der Waals surface area contributed by atoms with Crippen LogP contribution in [0.3, 0.4) is 0 Å². The van der Waals surface area contributed by atoms with Crippen molar-refractivity contribution in [3.05, 3.63) is 29.8 Å². The lowest BCUT2D eigenvalue weighted by atomic mass is 9.85. The molecule has 4 atom stereocenters. The van der Waals surface area contributed by atoms with E-state index in [4.69, 9.17) is 4.74 Å². The first-order chi connectivity index (χ1) is 9.10. The van der Waals surface area contributed by atoms with E-state index in [1.807, 2.05) is 0 Å². The summed E-state index contributed by atoms with van der Waals surface area (Å²) in [5, 5.41) is 0. The number of ether oxygens (including phenoxy) is 1. The molecule has 1 heteroatoms. The Hall–Kier alpha value is -0.980. The van der Waals surface area contributed by atoms with E-state index < -0.39 is 0 Å². The molecule has 0 radical (unpaired) electrons. The Bertz CT molecular complexity index is 436. The lowest BCUT2D eigenvalue weighted by Gasteiger charge is -2.34. The fourth-order valence-electron chi connectivity index (χ4n) is 4.05. The molecule has 104 valence electrons. The molecule has 2 saturated carbocycles. The molecule has 2 bridgehead atoms. The highest BCUT2D eigenvalue weighted by atomic mass is 16.5. The predicted octanol–water partition coefficient (Wildman–Crippen LogP) is 5.16. The van der Waals surface area contributed by atoms with Gasteiger partial charge in [-0.1, -0.05) is 26.0 Å². The molecule has 2 aliphatic rings. The minimum Gasteiger partial charge on any atom is -0.487 e. The largest absolute Gasteiger partial charge is 0.487 e. The molecule has 3 rings (SSSR count). The molecule has 0 N–H and O–H groups in total. The van der Waals surface area contributed by atoms with Crippen molar-refractivity contribution >= 4 is 0 Å².